The molecular formula is C11H23NO7Si. The van der Waals surface area contributed by atoms with Crippen LogP contribution in [-0.4, -0.2) is 59.8 Å². The van der Waals surface area contributed by atoms with Crippen molar-refractivity contribution in [1.29, 1.82) is 0 Å². The van der Waals surface area contributed by atoms with Crippen molar-refractivity contribution in [1.82, 2.24) is 0 Å². The number of esters is 1. The second-order valence-electron chi connectivity index (χ2n) is 4.11. The molecule has 0 saturated heterocycles. The van der Waals surface area contributed by atoms with Gasteiger partial charge in [0.2, 0.25) is 0 Å². The number of carbonyl (C=O) groups is 2. The molecule has 118 valence electrons. The summed E-state index contributed by atoms with van der Waals surface area (Å²) in [6.45, 7) is 0.157. The van der Waals surface area contributed by atoms with Gasteiger partial charge >= 0.3 is 20.7 Å². The van der Waals surface area contributed by atoms with Crippen LogP contribution in [0.25, 0.3) is 0 Å². The molecule has 0 aromatic carbocycles. The molecule has 0 aliphatic heterocycles. The van der Waals surface area contributed by atoms with Crippen LogP contribution < -0.4 is 5.73 Å². The number of rotatable bonds is 11. The van der Waals surface area contributed by atoms with Gasteiger partial charge in [-0.25, -0.2) is 0 Å². The number of nitrogens with two attached hydrogens (primary N) is 1. The predicted molar refractivity (Wildman–Crippen MR) is 72.0 cm³/mol. The molecule has 0 aromatic rings. The Morgan fingerprint density at radius 2 is 1.75 bits per heavy atom. The Labute approximate surface area is 119 Å². The first-order valence-electron chi connectivity index (χ1n) is 6.20. The summed E-state index contributed by atoms with van der Waals surface area (Å²) in [5, 5.41) is 8.48. The quantitative estimate of drug-likeness (QED) is 0.311. The molecule has 0 saturated carbocycles. The van der Waals surface area contributed by atoms with E-state index in [-0.39, 0.29) is 19.4 Å². The molecule has 9 heteroatoms. The third-order valence-corrected chi connectivity index (χ3v) is 5.61. The Balaban J connectivity index is 3.94. The molecule has 8 nitrogen and oxygen atoms in total. The summed E-state index contributed by atoms with van der Waals surface area (Å²) >= 11 is 0. The maximum atomic E-state index is 11.5. The van der Waals surface area contributed by atoms with Crippen LogP contribution in [0.1, 0.15) is 19.3 Å². The largest absolute Gasteiger partial charge is 0.500 e. The average molecular weight is 309 g/mol. The first-order chi connectivity index (χ1) is 9.40. The lowest BCUT2D eigenvalue weighted by Gasteiger charge is -2.24. The highest BCUT2D eigenvalue weighted by atomic mass is 28.4. The van der Waals surface area contributed by atoms with E-state index >= 15 is 0 Å². The minimum absolute atomic E-state index is 0.0566. The summed E-state index contributed by atoms with van der Waals surface area (Å²) in [5.41, 5.74) is 5.51. The Kier molecular flexibility index (Phi) is 9.34. The lowest BCUT2D eigenvalue weighted by atomic mass is 10.2. The van der Waals surface area contributed by atoms with E-state index in [1.165, 1.54) is 21.3 Å². The third kappa shape index (κ3) is 6.96. The monoisotopic (exact) mass is 309 g/mol. The van der Waals surface area contributed by atoms with Crippen LogP contribution in [0.4, 0.5) is 0 Å². The van der Waals surface area contributed by atoms with Crippen LogP contribution in [0.5, 0.6) is 0 Å². The lowest BCUT2D eigenvalue weighted by molar-refractivity contribution is -0.145. The molecule has 0 rings (SSSR count). The van der Waals surface area contributed by atoms with E-state index < -0.39 is 26.8 Å². The zero-order chi connectivity index (χ0) is 15.6. The summed E-state index contributed by atoms with van der Waals surface area (Å²) in [4.78, 5) is 21.8. The van der Waals surface area contributed by atoms with Crippen molar-refractivity contribution in [2.75, 3.05) is 27.9 Å². The summed E-state index contributed by atoms with van der Waals surface area (Å²) in [7, 11) is 1.87. The summed E-state index contributed by atoms with van der Waals surface area (Å²) in [5.74, 6) is -1.60. The number of aliphatic carboxylic acids is 1. The fourth-order valence-corrected chi connectivity index (χ4v) is 3.21. The van der Waals surface area contributed by atoms with Gasteiger partial charge in [-0.2, -0.15) is 0 Å². The normalized spacial score (nSPS) is 13.0. The van der Waals surface area contributed by atoms with Gasteiger partial charge in [0, 0.05) is 33.8 Å². The van der Waals surface area contributed by atoms with E-state index in [1.807, 2.05) is 0 Å². The predicted octanol–water partition coefficient (Wildman–Crippen LogP) is -0.0101. The molecule has 1 unspecified atom stereocenters. The number of hydrogen-bond acceptors (Lipinski definition) is 7. The van der Waals surface area contributed by atoms with Gasteiger partial charge in [-0.05, 0) is 12.8 Å². The highest BCUT2D eigenvalue weighted by Crippen LogP contribution is 2.14. The van der Waals surface area contributed by atoms with E-state index in [0.29, 0.717) is 12.5 Å². The zero-order valence-electron chi connectivity index (χ0n) is 12.1. The molecule has 0 amide bonds. The molecule has 0 aliphatic rings. The van der Waals surface area contributed by atoms with Crippen LogP contribution in [0.3, 0.4) is 0 Å². The second-order valence-corrected chi connectivity index (χ2v) is 7.20. The van der Waals surface area contributed by atoms with Crippen molar-refractivity contribution in [3.05, 3.63) is 0 Å². The second kappa shape index (κ2) is 9.83. The Bertz CT molecular complexity index is 301. The van der Waals surface area contributed by atoms with E-state index in [2.05, 4.69) is 0 Å². The minimum Gasteiger partial charge on any atom is -0.481 e. The van der Waals surface area contributed by atoms with Crippen molar-refractivity contribution >= 4 is 20.7 Å². The zero-order valence-corrected chi connectivity index (χ0v) is 13.1. The van der Waals surface area contributed by atoms with Gasteiger partial charge in [-0.1, -0.05) is 0 Å². The maximum absolute atomic E-state index is 11.5. The summed E-state index contributed by atoms with van der Waals surface area (Å²) in [6, 6.07) is -0.408. The highest BCUT2D eigenvalue weighted by molar-refractivity contribution is 6.60. The molecule has 0 aliphatic carbocycles. The summed E-state index contributed by atoms with van der Waals surface area (Å²) in [6.07, 6.45) is 0.406. The molecule has 20 heavy (non-hydrogen) atoms. The molecule has 0 spiro atoms. The Morgan fingerprint density at radius 3 is 2.20 bits per heavy atom. The van der Waals surface area contributed by atoms with Crippen LogP contribution in [0, 0.1) is 0 Å². The molecule has 0 bridgehead atoms. The van der Waals surface area contributed by atoms with Crippen molar-refractivity contribution in [2.24, 2.45) is 5.73 Å². The van der Waals surface area contributed by atoms with Crippen molar-refractivity contribution < 1.29 is 32.7 Å². The fourth-order valence-electron chi connectivity index (χ4n) is 1.52. The van der Waals surface area contributed by atoms with Crippen LogP contribution in [0.15, 0.2) is 0 Å². The molecule has 1 atom stereocenters. The molecule has 3 N–H and O–H groups in total. The van der Waals surface area contributed by atoms with Crippen LogP contribution in [-0.2, 0) is 27.6 Å². The molecule has 0 fully saturated rings. The van der Waals surface area contributed by atoms with Gasteiger partial charge in [0.15, 0.2) is 0 Å². The number of hydrogen-bond donors (Lipinski definition) is 2. The number of carbonyl (C=O) groups excluding carboxylic acids is 1. The topological polar surface area (TPSA) is 117 Å². The van der Waals surface area contributed by atoms with Gasteiger partial charge in [-0.15, -0.1) is 0 Å². The third-order valence-electron chi connectivity index (χ3n) is 2.78. The lowest BCUT2D eigenvalue weighted by Crippen LogP contribution is -2.43. The first-order valence-corrected chi connectivity index (χ1v) is 8.13. The van der Waals surface area contributed by atoms with Gasteiger partial charge in [0.1, 0.15) is 6.04 Å². The van der Waals surface area contributed by atoms with Gasteiger partial charge < -0.3 is 28.9 Å². The van der Waals surface area contributed by atoms with Crippen LogP contribution in [0.2, 0.25) is 6.04 Å². The highest BCUT2D eigenvalue weighted by Gasteiger charge is 2.37. The standard InChI is InChI=1S/C11H23NO7Si/c1-16-20(17-2,18-3)8-4-7-19-11(15)9(12)5-6-10(13)14/h9H,4-8,12H2,1-3H3,(H,13,14). The first kappa shape index (κ1) is 19.0. The molecular weight excluding hydrogens is 286 g/mol. The van der Waals surface area contributed by atoms with E-state index in [4.69, 9.17) is 28.9 Å². The van der Waals surface area contributed by atoms with Gasteiger partial charge in [-0.3, -0.25) is 9.59 Å². The number of carboxylic acids is 1. The SMILES string of the molecule is CO[Si](CCCOC(=O)C(N)CCC(=O)O)(OC)OC. The number of ether oxygens (including phenoxy) is 1. The van der Waals surface area contributed by atoms with Crippen molar-refractivity contribution in [3.8, 4) is 0 Å². The van der Waals surface area contributed by atoms with E-state index in [9.17, 15) is 9.59 Å². The van der Waals surface area contributed by atoms with E-state index in [1.54, 1.807) is 0 Å². The molecule has 0 radical (unpaired) electrons. The summed E-state index contributed by atoms with van der Waals surface area (Å²) < 4.78 is 20.6. The van der Waals surface area contributed by atoms with Crippen LogP contribution >= 0.6 is 0 Å². The van der Waals surface area contributed by atoms with E-state index in [0.717, 1.165) is 0 Å². The molecule has 0 aromatic heterocycles. The Hall–Kier alpha value is -1.00. The number of carboxylic acid groups (broad SMARTS) is 1. The fraction of sp³-hybridized carbons (Fsp3) is 0.818. The van der Waals surface area contributed by atoms with Gasteiger partial charge in [0.05, 0.1) is 6.61 Å². The van der Waals surface area contributed by atoms with Crippen molar-refractivity contribution in [3.63, 3.8) is 0 Å². The maximum Gasteiger partial charge on any atom is 0.500 e. The minimum atomic E-state index is -2.65. The molecule has 0 heterocycles. The smallest absolute Gasteiger partial charge is 0.481 e. The Morgan fingerprint density at radius 1 is 1.20 bits per heavy atom. The van der Waals surface area contributed by atoms with Crippen molar-refractivity contribution in [2.45, 2.75) is 31.3 Å². The van der Waals surface area contributed by atoms with Gasteiger partial charge in [0.25, 0.3) is 0 Å². The average Bonchev–Trinajstić information content (AvgIpc) is 2.45.